The molecule has 0 aliphatic heterocycles. The Hall–Kier alpha value is -5.15. The number of fused-ring (bicyclic) bond motifs is 1. The van der Waals surface area contributed by atoms with Gasteiger partial charge in [-0.05, 0) is 33.4 Å². The molecule has 0 heterocycles. The Kier molecular flexibility index (Phi) is 15.0. The van der Waals surface area contributed by atoms with Crippen molar-refractivity contribution in [3.8, 4) is 0 Å². The second-order valence-electron chi connectivity index (χ2n) is 12.5. The molecule has 0 saturated heterocycles. The average Bonchev–Trinajstić information content (AvgIpc) is 3.08. The number of hydrogen-bond acceptors (Lipinski definition) is 8. The predicted molar refractivity (Wildman–Crippen MR) is 189 cm³/mol. The molecule has 5 amide bonds. The van der Waals surface area contributed by atoms with Crippen molar-refractivity contribution in [1.29, 1.82) is 0 Å². The van der Waals surface area contributed by atoms with Gasteiger partial charge in [-0.25, -0.2) is 4.79 Å². The van der Waals surface area contributed by atoms with Crippen LogP contribution in [-0.2, 0) is 52.3 Å². The molecule has 0 aromatic heterocycles. The van der Waals surface area contributed by atoms with E-state index < -0.39 is 85.8 Å². The molecular weight excluding hydrogens is 697 g/mol. The molecule has 16 nitrogen and oxygen atoms in total. The van der Waals surface area contributed by atoms with E-state index in [4.69, 9.17) is 10.8 Å². The molecule has 5 unspecified atom stereocenters. The summed E-state index contributed by atoms with van der Waals surface area (Å²) in [6, 6.07) is 14.7. The molecule has 0 radical (unpaired) electrons. The van der Waals surface area contributed by atoms with Gasteiger partial charge in [-0.3, -0.25) is 28.5 Å². The smallest absolute Gasteiger partial charge is 0.394 e. The lowest BCUT2D eigenvalue weighted by Crippen LogP contribution is -2.59. The van der Waals surface area contributed by atoms with E-state index in [1.165, 1.54) is 24.3 Å². The highest BCUT2D eigenvalue weighted by Gasteiger charge is 2.33. The van der Waals surface area contributed by atoms with Gasteiger partial charge in [0.1, 0.15) is 18.1 Å². The summed E-state index contributed by atoms with van der Waals surface area (Å²) in [6.07, 6.45) is -1.87. The Morgan fingerprint density at radius 1 is 0.788 bits per heavy atom. The number of nitrogens with one attached hydrogen (secondary N) is 4. The Morgan fingerprint density at radius 3 is 2.04 bits per heavy atom. The Morgan fingerprint density at radius 2 is 1.42 bits per heavy atom. The summed E-state index contributed by atoms with van der Waals surface area (Å²) in [5.41, 5.74) is 6.91. The zero-order chi connectivity index (χ0) is 38.6. The van der Waals surface area contributed by atoms with Crippen molar-refractivity contribution >= 4 is 53.9 Å². The van der Waals surface area contributed by atoms with Crippen LogP contribution < -0.4 is 27.0 Å². The van der Waals surface area contributed by atoms with Crippen LogP contribution in [0, 0.1) is 5.92 Å². The third kappa shape index (κ3) is 12.9. The average molecular weight is 742 g/mol. The van der Waals surface area contributed by atoms with Crippen LogP contribution in [0.1, 0.15) is 43.4 Å². The van der Waals surface area contributed by atoms with E-state index in [2.05, 4.69) is 21.3 Å². The van der Waals surface area contributed by atoms with Crippen molar-refractivity contribution < 1.29 is 53.3 Å². The number of benzene rings is 3. The summed E-state index contributed by atoms with van der Waals surface area (Å²) < 4.78 is 11.3. The van der Waals surface area contributed by atoms with Crippen molar-refractivity contribution in [2.45, 2.75) is 69.9 Å². The number of carbonyl (C=O) groups excluding carboxylic acids is 5. The van der Waals surface area contributed by atoms with Crippen LogP contribution in [0.25, 0.3) is 10.8 Å². The first-order chi connectivity index (χ1) is 24.5. The molecule has 3 aromatic rings. The molecule has 3 aromatic carbocycles. The van der Waals surface area contributed by atoms with E-state index in [-0.39, 0.29) is 19.4 Å². The largest absolute Gasteiger partial charge is 0.474 e. The maximum Gasteiger partial charge on any atom is 0.394 e. The number of aliphatic hydroxyl groups excluding tert-OH is 1. The number of nitrogens with two attached hydrogens (primary N) is 1. The van der Waals surface area contributed by atoms with Gasteiger partial charge >= 0.3 is 19.5 Å². The summed E-state index contributed by atoms with van der Waals surface area (Å²) in [5, 5.41) is 31.4. The number of aliphatic hydroxyl groups is 1. The molecule has 0 aliphatic rings. The normalized spacial score (nSPS) is 14.2. The lowest BCUT2D eigenvalue weighted by atomic mass is 9.96. The van der Waals surface area contributed by atoms with Crippen molar-refractivity contribution in [2.24, 2.45) is 11.7 Å². The van der Waals surface area contributed by atoms with E-state index in [9.17, 15) is 48.2 Å². The lowest BCUT2D eigenvalue weighted by Gasteiger charge is -2.28. The fraction of sp³-hybridized carbons (Fsp3) is 0.371. The minimum atomic E-state index is -4.35. The van der Waals surface area contributed by atoms with Crippen molar-refractivity contribution in [1.82, 2.24) is 21.3 Å². The number of hydrogen-bond donors (Lipinski definition) is 9. The van der Waals surface area contributed by atoms with Crippen LogP contribution >= 0.6 is 7.60 Å². The standard InChI is InChI=1S/C35H44N5O11P/c1-3-20(2)30(40-32(44)27(39-34(46)35(47)48)15-21-11-13-22(14-12-21)19-52(49,50)51)33(45)38-28(17-29(36)42)31(43)37-18-25(41)16-24-9-6-8-23-7-4-5-10-26(23)24/h4-14,20,25,27-28,30,41H,3,15-19H2,1-2H3,(H2,36,42)(H,37,43)(H,38,45)(H,39,46)(H,40,44)(H,47,48)(H2,49,50,51). The molecule has 0 saturated carbocycles. The molecular formula is C35H44N5O11P. The number of amides is 5. The van der Waals surface area contributed by atoms with Gasteiger partial charge in [0, 0.05) is 19.4 Å². The Bertz CT molecular complexity index is 1810. The summed E-state index contributed by atoms with van der Waals surface area (Å²) >= 11 is 0. The fourth-order valence-electron chi connectivity index (χ4n) is 5.45. The molecule has 3 rings (SSSR count). The Labute approximate surface area is 299 Å². The minimum absolute atomic E-state index is 0.202. The van der Waals surface area contributed by atoms with Crippen molar-refractivity contribution in [2.75, 3.05) is 6.54 Å². The van der Waals surface area contributed by atoms with Gasteiger partial charge in [0.2, 0.25) is 23.6 Å². The SMILES string of the molecule is CCC(C)C(NC(=O)C(Cc1ccc(CP(=O)(O)O)cc1)NC(=O)C(=O)O)C(=O)NC(CC(N)=O)C(=O)NCC(O)Cc1cccc2ccccc12. The number of aliphatic carboxylic acids is 1. The quantitative estimate of drug-likeness (QED) is 0.0629. The topological polar surface area (TPSA) is 275 Å². The highest BCUT2D eigenvalue weighted by molar-refractivity contribution is 7.50. The highest BCUT2D eigenvalue weighted by Crippen LogP contribution is 2.39. The minimum Gasteiger partial charge on any atom is -0.474 e. The van der Waals surface area contributed by atoms with Crippen LogP contribution in [0.2, 0.25) is 0 Å². The molecule has 280 valence electrons. The number of carboxylic acid groups (broad SMARTS) is 1. The first-order valence-electron chi connectivity index (χ1n) is 16.4. The van der Waals surface area contributed by atoms with Crippen LogP contribution in [-0.4, -0.2) is 86.3 Å². The lowest BCUT2D eigenvalue weighted by molar-refractivity contribution is -0.151. The van der Waals surface area contributed by atoms with E-state index in [0.29, 0.717) is 17.5 Å². The first-order valence-corrected chi connectivity index (χ1v) is 18.2. The van der Waals surface area contributed by atoms with Crippen molar-refractivity contribution in [3.05, 3.63) is 83.4 Å². The van der Waals surface area contributed by atoms with E-state index in [1.807, 2.05) is 42.5 Å². The van der Waals surface area contributed by atoms with E-state index in [0.717, 1.165) is 16.3 Å². The van der Waals surface area contributed by atoms with Gasteiger partial charge in [-0.2, -0.15) is 0 Å². The Balaban J connectivity index is 1.73. The van der Waals surface area contributed by atoms with Gasteiger partial charge in [0.05, 0.1) is 18.7 Å². The summed E-state index contributed by atoms with van der Waals surface area (Å²) in [7, 11) is -4.35. The van der Waals surface area contributed by atoms with Crippen LogP contribution in [0.4, 0.5) is 0 Å². The number of carbonyl (C=O) groups is 6. The molecule has 5 atom stereocenters. The molecule has 52 heavy (non-hydrogen) atoms. The highest BCUT2D eigenvalue weighted by atomic mass is 31.2. The summed E-state index contributed by atoms with van der Waals surface area (Å²) in [6.45, 7) is 3.14. The molecule has 0 fully saturated rings. The van der Waals surface area contributed by atoms with Gasteiger partial charge in [0.15, 0.2) is 0 Å². The molecule has 17 heteroatoms. The predicted octanol–water partition coefficient (Wildman–Crippen LogP) is 0.240. The maximum absolute atomic E-state index is 13.6. The van der Waals surface area contributed by atoms with Gasteiger partial charge in [-0.15, -0.1) is 0 Å². The van der Waals surface area contributed by atoms with E-state index >= 15 is 0 Å². The first kappa shape index (κ1) is 41.3. The molecule has 0 aliphatic carbocycles. The van der Waals surface area contributed by atoms with Gasteiger partial charge < -0.3 is 47.0 Å². The monoisotopic (exact) mass is 741 g/mol. The molecule has 0 bridgehead atoms. The second-order valence-corrected chi connectivity index (χ2v) is 14.2. The zero-order valence-electron chi connectivity index (χ0n) is 28.7. The zero-order valence-corrected chi connectivity index (χ0v) is 29.5. The van der Waals surface area contributed by atoms with Gasteiger partial charge in [-0.1, -0.05) is 87.0 Å². The molecule has 0 spiro atoms. The number of rotatable bonds is 18. The third-order valence-corrected chi connectivity index (χ3v) is 9.12. The molecule has 10 N–H and O–H groups in total. The van der Waals surface area contributed by atoms with E-state index in [1.54, 1.807) is 13.8 Å². The number of carboxylic acids is 1. The van der Waals surface area contributed by atoms with Crippen LogP contribution in [0.5, 0.6) is 0 Å². The third-order valence-electron chi connectivity index (χ3n) is 8.35. The van der Waals surface area contributed by atoms with Crippen LogP contribution in [0.3, 0.4) is 0 Å². The maximum atomic E-state index is 13.6. The second kappa shape index (κ2) is 18.9. The summed E-state index contributed by atoms with van der Waals surface area (Å²) in [4.78, 5) is 94.0. The number of primary amides is 1. The fourth-order valence-corrected chi connectivity index (χ4v) is 6.14. The van der Waals surface area contributed by atoms with Crippen LogP contribution in [0.15, 0.2) is 66.7 Å². The van der Waals surface area contributed by atoms with Crippen molar-refractivity contribution in [3.63, 3.8) is 0 Å². The summed E-state index contributed by atoms with van der Waals surface area (Å²) in [5.74, 6) is -7.47. The van der Waals surface area contributed by atoms with Gasteiger partial charge in [0.25, 0.3) is 0 Å².